The summed E-state index contributed by atoms with van der Waals surface area (Å²) in [4.78, 5) is 12.7. The number of hydrogen-bond donors (Lipinski definition) is 0. The average Bonchev–Trinajstić information content (AvgIpc) is 2.95. The monoisotopic (exact) mass is 426 g/mol. The molecule has 0 N–H and O–H groups in total. The van der Waals surface area contributed by atoms with E-state index in [9.17, 15) is 4.79 Å². The molecule has 0 spiro atoms. The molecule has 0 fully saturated rings. The zero-order valence-corrected chi connectivity index (χ0v) is 17.4. The van der Waals surface area contributed by atoms with E-state index in [0.29, 0.717) is 12.2 Å². The molecule has 3 rings (SSSR count). The molecular formula is C22H23BrN2O2. The Labute approximate surface area is 168 Å². The lowest BCUT2D eigenvalue weighted by Crippen LogP contribution is -2.15. The highest BCUT2D eigenvalue weighted by molar-refractivity contribution is 9.10. The quantitative estimate of drug-likeness (QED) is 0.523. The molecule has 0 saturated heterocycles. The number of nitrogens with zero attached hydrogens (tertiary/aromatic N) is 2. The normalized spacial score (nSPS) is 10.8. The zero-order chi connectivity index (χ0) is 19.4. The van der Waals surface area contributed by atoms with E-state index in [-0.39, 0.29) is 5.91 Å². The van der Waals surface area contributed by atoms with Gasteiger partial charge in [0, 0.05) is 5.56 Å². The maximum Gasteiger partial charge on any atom is 0.278 e. The van der Waals surface area contributed by atoms with Crippen LogP contribution in [0.5, 0.6) is 5.75 Å². The molecular weight excluding hydrogens is 404 g/mol. The minimum absolute atomic E-state index is 0.139. The van der Waals surface area contributed by atoms with Crippen molar-refractivity contribution in [3.8, 4) is 5.75 Å². The maximum absolute atomic E-state index is 12.7. The van der Waals surface area contributed by atoms with Crippen LogP contribution >= 0.6 is 15.9 Å². The first-order chi connectivity index (χ1) is 13.0. The van der Waals surface area contributed by atoms with Gasteiger partial charge < -0.3 is 4.74 Å². The van der Waals surface area contributed by atoms with Crippen LogP contribution in [0.4, 0.5) is 0 Å². The van der Waals surface area contributed by atoms with Crippen molar-refractivity contribution in [1.82, 2.24) is 9.78 Å². The fourth-order valence-corrected chi connectivity index (χ4v) is 3.14. The van der Waals surface area contributed by atoms with Gasteiger partial charge in [0.15, 0.2) is 0 Å². The lowest BCUT2D eigenvalue weighted by atomic mass is 10.1. The third-order valence-corrected chi connectivity index (χ3v) is 5.61. The summed E-state index contributed by atoms with van der Waals surface area (Å²) in [5, 5.41) is 4.30. The van der Waals surface area contributed by atoms with Crippen LogP contribution in [0.25, 0.3) is 0 Å². The second-order valence-electron chi connectivity index (χ2n) is 6.58. The van der Waals surface area contributed by atoms with Gasteiger partial charge in [0.2, 0.25) is 0 Å². The van der Waals surface area contributed by atoms with Gasteiger partial charge in [-0.1, -0.05) is 37.6 Å². The molecule has 1 heterocycles. The molecule has 3 aromatic rings. The highest BCUT2D eigenvalue weighted by Gasteiger charge is 2.16. The summed E-state index contributed by atoms with van der Waals surface area (Å²) >= 11 is 3.46. The molecule has 0 amide bonds. The minimum atomic E-state index is -0.139. The van der Waals surface area contributed by atoms with Crippen LogP contribution in [0.2, 0.25) is 0 Å². The molecule has 0 aliphatic carbocycles. The fraction of sp³-hybridized carbons (Fsp3) is 0.273. The van der Waals surface area contributed by atoms with Gasteiger partial charge in [0.05, 0.1) is 15.9 Å². The Kier molecular flexibility index (Phi) is 6.11. The van der Waals surface area contributed by atoms with E-state index in [2.05, 4.69) is 40.1 Å². The standard InChI is InChI=1S/C22H23BrN2O2/c1-4-5-17-8-12-20(13-9-17)27-14-18-6-10-19(11-7-18)22(26)25-16(3)21(23)15(2)24-25/h6-13H,4-5,14H2,1-3H3. The van der Waals surface area contributed by atoms with Gasteiger partial charge in [0.25, 0.3) is 5.91 Å². The van der Waals surface area contributed by atoms with Crippen LogP contribution in [0.15, 0.2) is 53.0 Å². The number of halogens is 1. The predicted octanol–water partition coefficient (Wildman–Crippen LogP) is 5.48. The van der Waals surface area contributed by atoms with Gasteiger partial charge in [-0.2, -0.15) is 9.78 Å². The molecule has 27 heavy (non-hydrogen) atoms. The lowest BCUT2D eigenvalue weighted by molar-refractivity contribution is 0.0942. The van der Waals surface area contributed by atoms with E-state index in [0.717, 1.165) is 40.0 Å². The van der Waals surface area contributed by atoms with Gasteiger partial charge in [-0.3, -0.25) is 4.79 Å². The number of hydrogen-bond acceptors (Lipinski definition) is 3. The summed E-state index contributed by atoms with van der Waals surface area (Å²) in [7, 11) is 0. The molecule has 1 aromatic heterocycles. The predicted molar refractivity (Wildman–Crippen MR) is 110 cm³/mol. The van der Waals surface area contributed by atoms with Crippen molar-refractivity contribution in [3.63, 3.8) is 0 Å². The minimum Gasteiger partial charge on any atom is -0.489 e. The second-order valence-corrected chi connectivity index (χ2v) is 7.37. The van der Waals surface area contributed by atoms with Crippen molar-refractivity contribution in [2.24, 2.45) is 0 Å². The molecule has 0 aliphatic heterocycles. The number of aromatic nitrogens is 2. The summed E-state index contributed by atoms with van der Waals surface area (Å²) in [6.45, 7) is 6.38. The van der Waals surface area contributed by atoms with E-state index in [1.54, 1.807) is 0 Å². The van der Waals surface area contributed by atoms with Crippen LogP contribution in [-0.2, 0) is 13.0 Å². The molecule has 0 radical (unpaired) electrons. The summed E-state index contributed by atoms with van der Waals surface area (Å²) in [5.41, 5.74) is 4.54. The number of aryl methyl sites for hydroxylation is 2. The van der Waals surface area contributed by atoms with E-state index in [1.165, 1.54) is 10.2 Å². The summed E-state index contributed by atoms with van der Waals surface area (Å²) in [6, 6.07) is 15.7. The number of ether oxygens (including phenoxy) is 1. The van der Waals surface area contributed by atoms with Gasteiger partial charge in [-0.25, -0.2) is 0 Å². The Hall–Kier alpha value is -2.40. The first-order valence-corrected chi connectivity index (χ1v) is 9.86. The van der Waals surface area contributed by atoms with Crippen molar-refractivity contribution in [3.05, 3.63) is 81.1 Å². The number of rotatable bonds is 6. The smallest absolute Gasteiger partial charge is 0.278 e. The first-order valence-electron chi connectivity index (χ1n) is 9.06. The van der Waals surface area contributed by atoms with Crippen LogP contribution in [-0.4, -0.2) is 15.7 Å². The summed E-state index contributed by atoms with van der Waals surface area (Å²) in [6.07, 6.45) is 2.22. The molecule has 4 nitrogen and oxygen atoms in total. The summed E-state index contributed by atoms with van der Waals surface area (Å²) in [5.74, 6) is 0.711. The van der Waals surface area contributed by atoms with Crippen LogP contribution in [0.3, 0.4) is 0 Å². The zero-order valence-electron chi connectivity index (χ0n) is 15.8. The van der Waals surface area contributed by atoms with Crippen LogP contribution in [0.1, 0.15) is 46.2 Å². The Balaban J connectivity index is 1.64. The molecule has 0 saturated carbocycles. The highest BCUT2D eigenvalue weighted by atomic mass is 79.9. The van der Waals surface area contributed by atoms with E-state index in [4.69, 9.17) is 4.74 Å². The molecule has 5 heteroatoms. The maximum atomic E-state index is 12.7. The van der Waals surface area contributed by atoms with Crippen molar-refractivity contribution >= 4 is 21.8 Å². The van der Waals surface area contributed by atoms with E-state index in [1.807, 2.05) is 50.2 Å². The van der Waals surface area contributed by atoms with Gasteiger partial charge in [-0.05, 0) is 71.6 Å². The Morgan fingerprint density at radius 3 is 2.22 bits per heavy atom. The second kappa shape index (κ2) is 8.53. The van der Waals surface area contributed by atoms with E-state index >= 15 is 0 Å². The van der Waals surface area contributed by atoms with Crippen molar-refractivity contribution in [2.75, 3.05) is 0 Å². The SMILES string of the molecule is CCCc1ccc(OCc2ccc(C(=O)n3nc(C)c(Br)c3C)cc2)cc1. The van der Waals surface area contributed by atoms with Crippen LogP contribution < -0.4 is 4.74 Å². The molecule has 2 aromatic carbocycles. The van der Waals surface area contributed by atoms with Crippen molar-refractivity contribution < 1.29 is 9.53 Å². The number of carbonyl (C=O) groups is 1. The summed E-state index contributed by atoms with van der Waals surface area (Å²) < 4.78 is 8.14. The van der Waals surface area contributed by atoms with Crippen molar-refractivity contribution in [2.45, 2.75) is 40.2 Å². The van der Waals surface area contributed by atoms with Gasteiger partial charge in [0.1, 0.15) is 12.4 Å². The van der Waals surface area contributed by atoms with Crippen molar-refractivity contribution in [1.29, 1.82) is 0 Å². The lowest BCUT2D eigenvalue weighted by Gasteiger charge is -2.08. The largest absolute Gasteiger partial charge is 0.489 e. The molecule has 0 atom stereocenters. The third kappa shape index (κ3) is 4.48. The van der Waals surface area contributed by atoms with Gasteiger partial charge >= 0.3 is 0 Å². The molecule has 0 unspecified atom stereocenters. The van der Waals surface area contributed by atoms with Gasteiger partial charge in [-0.15, -0.1) is 0 Å². The van der Waals surface area contributed by atoms with E-state index < -0.39 is 0 Å². The highest BCUT2D eigenvalue weighted by Crippen LogP contribution is 2.21. The molecule has 0 bridgehead atoms. The Bertz CT molecular complexity index is 928. The van der Waals surface area contributed by atoms with Crippen LogP contribution in [0, 0.1) is 13.8 Å². The number of benzene rings is 2. The first kappa shape index (κ1) is 19.4. The topological polar surface area (TPSA) is 44.1 Å². The Morgan fingerprint density at radius 2 is 1.67 bits per heavy atom. The average molecular weight is 427 g/mol. The molecule has 140 valence electrons. The Morgan fingerprint density at radius 1 is 1.04 bits per heavy atom. The third-order valence-electron chi connectivity index (χ3n) is 4.46. The number of carbonyl (C=O) groups excluding carboxylic acids is 1. The molecule has 0 aliphatic rings. The fourth-order valence-electron chi connectivity index (χ4n) is 2.89.